The monoisotopic (exact) mass is 546 g/mol. The number of carbonyl (C=O) groups is 1. The van der Waals surface area contributed by atoms with Crippen LogP contribution in [0, 0.1) is 5.82 Å². The molecule has 2 N–H and O–H groups in total. The molecular weight excluding hydrogens is 515 g/mol. The summed E-state index contributed by atoms with van der Waals surface area (Å²) in [7, 11) is 1.82. The normalized spacial score (nSPS) is 13.7. The third kappa shape index (κ3) is 6.34. The number of aryl methyl sites for hydroxylation is 1. The van der Waals surface area contributed by atoms with Crippen LogP contribution in [0.5, 0.6) is 11.5 Å². The maximum atomic E-state index is 15.0. The summed E-state index contributed by atoms with van der Waals surface area (Å²) < 4.78 is 27.9. The van der Waals surface area contributed by atoms with Crippen molar-refractivity contribution in [2.75, 3.05) is 41.8 Å². The van der Waals surface area contributed by atoms with Crippen LogP contribution in [0.3, 0.4) is 0 Å². The lowest BCUT2D eigenvalue weighted by molar-refractivity contribution is 0.122. The number of hydrogen-bond acceptors (Lipinski definition) is 8. The Morgan fingerprint density at radius 3 is 2.48 bits per heavy atom. The van der Waals surface area contributed by atoms with E-state index in [-0.39, 0.29) is 16.9 Å². The zero-order chi connectivity index (χ0) is 28.3. The van der Waals surface area contributed by atoms with Gasteiger partial charge in [-0.25, -0.2) is 19.2 Å². The highest BCUT2D eigenvalue weighted by molar-refractivity contribution is 6.01. The smallest absolute Gasteiger partial charge is 0.323 e. The van der Waals surface area contributed by atoms with E-state index in [2.05, 4.69) is 25.7 Å². The molecule has 3 aromatic heterocycles. The van der Waals surface area contributed by atoms with Gasteiger partial charge in [0.1, 0.15) is 28.8 Å². The van der Waals surface area contributed by atoms with Gasteiger partial charge in [0.05, 0.1) is 37.0 Å². The number of benzene rings is 1. The Bertz CT molecular complexity index is 1510. The first-order chi connectivity index (χ1) is 19.2. The Hall–Kier alpha value is -4.58. The van der Waals surface area contributed by atoms with Gasteiger partial charge in [-0.1, -0.05) is 20.8 Å². The second-order valence-corrected chi connectivity index (χ2v) is 10.4. The topological polar surface area (TPSA) is 119 Å². The lowest BCUT2D eigenvalue weighted by atomic mass is 9.96. The SMILES string of the molecule is Cn1cc(-c2cc(Oc3ccc(NC(=O)Nc4cnc(C(C)(C)C)nc4N4CCOCC4)c(F)c3)ccn2)cn1. The molecule has 11 nitrogen and oxygen atoms in total. The number of rotatable bonds is 6. The molecule has 1 fully saturated rings. The number of hydrogen-bond donors (Lipinski definition) is 2. The second kappa shape index (κ2) is 11.3. The quantitative estimate of drug-likeness (QED) is 0.348. The van der Waals surface area contributed by atoms with Crippen molar-refractivity contribution in [1.29, 1.82) is 0 Å². The lowest BCUT2D eigenvalue weighted by Gasteiger charge is -2.30. The summed E-state index contributed by atoms with van der Waals surface area (Å²) in [6, 6.07) is 7.02. The fourth-order valence-corrected chi connectivity index (χ4v) is 4.10. The van der Waals surface area contributed by atoms with Crippen LogP contribution in [0.25, 0.3) is 11.3 Å². The number of halogens is 1. The number of carbonyl (C=O) groups excluding carboxylic acids is 1. The molecule has 0 aliphatic carbocycles. The molecule has 1 aliphatic rings. The van der Waals surface area contributed by atoms with E-state index in [0.29, 0.717) is 55.1 Å². The molecule has 4 aromatic rings. The molecule has 5 rings (SSSR count). The van der Waals surface area contributed by atoms with Crippen molar-refractivity contribution < 1.29 is 18.7 Å². The average molecular weight is 547 g/mol. The van der Waals surface area contributed by atoms with Crippen LogP contribution in [0.2, 0.25) is 0 Å². The van der Waals surface area contributed by atoms with E-state index >= 15 is 0 Å². The van der Waals surface area contributed by atoms with Gasteiger partial charge in [0.25, 0.3) is 0 Å². The largest absolute Gasteiger partial charge is 0.457 e. The summed E-state index contributed by atoms with van der Waals surface area (Å²) in [5, 5.41) is 9.48. The molecule has 40 heavy (non-hydrogen) atoms. The van der Waals surface area contributed by atoms with Crippen LogP contribution in [-0.2, 0) is 17.2 Å². The van der Waals surface area contributed by atoms with Crippen LogP contribution in [0.4, 0.5) is 26.4 Å². The Kier molecular flexibility index (Phi) is 7.60. The van der Waals surface area contributed by atoms with Crippen molar-refractivity contribution in [2.24, 2.45) is 7.05 Å². The summed E-state index contributed by atoms with van der Waals surface area (Å²) in [5.41, 5.74) is 1.66. The van der Waals surface area contributed by atoms with E-state index in [1.54, 1.807) is 41.5 Å². The fraction of sp³-hybridized carbons (Fsp3) is 0.321. The van der Waals surface area contributed by atoms with Crippen LogP contribution in [0.15, 0.2) is 55.1 Å². The van der Waals surface area contributed by atoms with Gasteiger partial charge >= 0.3 is 6.03 Å². The number of morpholine rings is 1. The molecule has 1 saturated heterocycles. The predicted octanol–water partition coefficient (Wildman–Crippen LogP) is 4.98. The zero-order valence-electron chi connectivity index (χ0n) is 22.8. The molecule has 0 saturated carbocycles. The van der Waals surface area contributed by atoms with Crippen molar-refractivity contribution in [1.82, 2.24) is 24.7 Å². The van der Waals surface area contributed by atoms with E-state index in [9.17, 15) is 9.18 Å². The lowest BCUT2D eigenvalue weighted by Crippen LogP contribution is -2.38. The molecule has 0 bridgehead atoms. The first-order valence-corrected chi connectivity index (χ1v) is 12.9. The number of ether oxygens (including phenoxy) is 2. The molecule has 0 atom stereocenters. The predicted molar refractivity (Wildman–Crippen MR) is 149 cm³/mol. The number of anilines is 3. The summed E-state index contributed by atoms with van der Waals surface area (Å²) in [6.07, 6.45) is 6.73. The van der Waals surface area contributed by atoms with Gasteiger partial charge in [-0.3, -0.25) is 9.67 Å². The number of amides is 2. The van der Waals surface area contributed by atoms with Crippen LogP contribution < -0.4 is 20.3 Å². The van der Waals surface area contributed by atoms with E-state index in [1.807, 2.05) is 38.9 Å². The highest BCUT2D eigenvalue weighted by Gasteiger charge is 2.24. The average Bonchev–Trinajstić information content (AvgIpc) is 3.37. The van der Waals surface area contributed by atoms with Crippen molar-refractivity contribution in [2.45, 2.75) is 26.2 Å². The Labute approximate surface area is 231 Å². The van der Waals surface area contributed by atoms with Gasteiger partial charge in [0, 0.05) is 55.6 Å². The van der Waals surface area contributed by atoms with Crippen molar-refractivity contribution in [3.8, 4) is 22.8 Å². The van der Waals surface area contributed by atoms with E-state index < -0.39 is 11.8 Å². The standard InChI is InChI=1S/C28H31FN8O3/c1-28(2,3)26-31-16-24(25(35-26)37-9-11-39-12-10-37)34-27(38)33-22-6-5-19(13-21(22)29)40-20-7-8-30-23(14-20)18-15-32-36(4)17-18/h5-8,13-17H,9-12H2,1-4H3,(H2,33,34,38). The molecule has 4 heterocycles. The number of aromatic nitrogens is 5. The minimum atomic E-state index is -0.651. The molecule has 0 spiro atoms. The van der Waals surface area contributed by atoms with Crippen molar-refractivity contribution >= 4 is 23.2 Å². The number of nitrogens with zero attached hydrogens (tertiary/aromatic N) is 6. The van der Waals surface area contributed by atoms with E-state index in [4.69, 9.17) is 14.5 Å². The first kappa shape index (κ1) is 27.0. The zero-order valence-corrected chi connectivity index (χ0v) is 22.8. The van der Waals surface area contributed by atoms with Gasteiger partial charge in [-0.15, -0.1) is 0 Å². The Balaban J connectivity index is 1.28. The first-order valence-electron chi connectivity index (χ1n) is 12.9. The van der Waals surface area contributed by atoms with Crippen molar-refractivity contribution in [3.63, 3.8) is 0 Å². The summed E-state index contributed by atoms with van der Waals surface area (Å²) in [6.45, 7) is 8.46. The highest BCUT2D eigenvalue weighted by Crippen LogP contribution is 2.30. The summed E-state index contributed by atoms with van der Waals surface area (Å²) in [5.74, 6) is 1.37. The Morgan fingerprint density at radius 1 is 1.02 bits per heavy atom. The van der Waals surface area contributed by atoms with E-state index in [1.165, 1.54) is 12.1 Å². The molecule has 2 amide bonds. The van der Waals surface area contributed by atoms with Crippen LogP contribution >= 0.6 is 0 Å². The molecular formula is C28H31FN8O3. The van der Waals surface area contributed by atoms with E-state index in [0.717, 1.165) is 5.56 Å². The van der Waals surface area contributed by atoms with Crippen LogP contribution in [0.1, 0.15) is 26.6 Å². The van der Waals surface area contributed by atoms with Gasteiger partial charge in [0.2, 0.25) is 0 Å². The van der Waals surface area contributed by atoms with Crippen molar-refractivity contribution in [3.05, 3.63) is 66.8 Å². The molecule has 1 aliphatic heterocycles. The maximum absolute atomic E-state index is 15.0. The molecule has 208 valence electrons. The molecule has 0 radical (unpaired) electrons. The maximum Gasteiger partial charge on any atom is 0.323 e. The second-order valence-electron chi connectivity index (χ2n) is 10.4. The summed E-state index contributed by atoms with van der Waals surface area (Å²) >= 11 is 0. The molecule has 12 heteroatoms. The number of urea groups is 1. The Morgan fingerprint density at radius 2 is 1.77 bits per heavy atom. The van der Waals surface area contributed by atoms with Gasteiger partial charge in [0.15, 0.2) is 5.82 Å². The molecule has 0 unspecified atom stereocenters. The third-order valence-corrected chi connectivity index (χ3v) is 6.15. The summed E-state index contributed by atoms with van der Waals surface area (Å²) in [4.78, 5) is 28.4. The van der Waals surface area contributed by atoms with Gasteiger partial charge < -0.3 is 25.0 Å². The van der Waals surface area contributed by atoms with Crippen LogP contribution in [-0.4, -0.2) is 57.1 Å². The minimum Gasteiger partial charge on any atom is -0.457 e. The molecule has 1 aromatic carbocycles. The third-order valence-electron chi connectivity index (χ3n) is 6.15. The minimum absolute atomic E-state index is 0.00391. The number of nitrogens with one attached hydrogen (secondary N) is 2. The fourth-order valence-electron chi connectivity index (χ4n) is 4.10. The highest BCUT2D eigenvalue weighted by atomic mass is 19.1. The number of pyridine rings is 1. The van der Waals surface area contributed by atoms with Gasteiger partial charge in [-0.05, 0) is 18.2 Å². The van der Waals surface area contributed by atoms with Gasteiger partial charge in [-0.2, -0.15) is 5.10 Å².